The summed E-state index contributed by atoms with van der Waals surface area (Å²) in [5.74, 6) is -1.10. The van der Waals surface area contributed by atoms with E-state index in [1.54, 1.807) is 0 Å². The number of alkyl halides is 3. The first kappa shape index (κ1) is 25.9. The first-order valence-electron chi connectivity index (χ1n) is 9.92. The summed E-state index contributed by atoms with van der Waals surface area (Å²) < 4.78 is 59.2. The quantitative estimate of drug-likeness (QED) is 0.210. The fraction of sp³-hybridized carbons (Fsp3) is 0.190. The van der Waals surface area contributed by atoms with Gasteiger partial charge in [-0.25, -0.2) is 9.18 Å². The van der Waals surface area contributed by atoms with Crippen molar-refractivity contribution < 1.29 is 37.3 Å². The largest absolute Gasteiger partial charge is 0.488 e. The van der Waals surface area contributed by atoms with Crippen LogP contribution in [0.2, 0.25) is 10.0 Å². The Labute approximate surface area is 213 Å². The zero-order valence-electron chi connectivity index (χ0n) is 17.7. The Balaban J connectivity index is 1.59. The van der Waals surface area contributed by atoms with Crippen molar-refractivity contribution in [2.45, 2.75) is 12.2 Å². The minimum atomic E-state index is -4.56. The van der Waals surface area contributed by atoms with Gasteiger partial charge in [0.1, 0.15) is 11.6 Å². The highest BCUT2D eigenvalue weighted by atomic mass is 35.5. The predicted octanol–water partition coefficient (Wildman–Crippen LogP) is 5.83. The lowest BCUT2D eigenvalue weighted by Crippen LogP contribution is -2.40. The third-order valence-electron chi connectivity index (χ3n) is 4.90. The number of hydrogen-bond acceptors (Lipinski definition) is 6. The Morgan fingerprint density at radius 1 is 1.14 bits per heavy atom. The monoisotopic (exact) mass is 564 g/mol. The Hall–Kier alpha value is -3.13. The zero-order valence-corrected chi connectivity index (χ0v) is 20.0. The molecule has 0 aliphatic heterocycles. The number of H-pyrrole nitrogens is 1. The number of nitrogens with one attached hydrogen (secondary N) is 2. The van der Waals surface area contributed by atoms with Crippen molar-refractivity contribution in [1.82, 2.24) is 20.5 Å². The number of hydrogen-bond donors (Lipinski definition) is 4. The average molecular weight is 565 g/mol. The van der Waals surface area contributed by atoms with Crippen molar-refractivity contribution in [3.05, 3.63) is 51.8 Å². The van der Waals surface area contributed by atoms with E-state index in [-0.39, 0.29) is 38.4 Å². The molecule has 4 aromatic rings. The number of halogens is 6. The van der Waals surface area contributed by atoms with E-state index >= 15 is 0 Å². The van der Waals surface area contributed by atoms with Crippen LogP contribution in [0.3, 0.4) is 0 Å². The van der Waals surface area contributed by atoms with Crippen LogP contribution in [0.4, 0.5) is 22.4 Å². The summed E-state index contributed by atoms with van der Waals surface area (Å²) in [7, 11) is 0. The number of aromatic nitrogens is 3. The summed E-state index contributed by atoms with van der Waals surface area (Å²) >= 11 is 13.3. The first-order valence-corrected chi connectivity index (χ1v) is 11.5. The standard InChI is InChI=1S/C21H14Cl2F4N4O4S/c22-12-5-16(35-7-10(6-32)28-20(33)34)14(24)4-11(12)18-30-31-19(36-18)15-2-8-1-9(21(25,26)27)3-13(23)17(8)29-15/h1-5,10,28-29,32H,6-7H2,(H,33,34). The Morgan fingerprint density at radius 3 is 2.53 bits per heavy atom. The van der Waals surface area contributed by atoms with Crippen molar-refractivity contribution in [2.24, 2.45) is 0 Å². The molecule has 0 spiro atoms. The fourth-order valence-electron chi connectivity index (χ4n) is 3.23. The van der Waals surface area contributed by atoms with Crippen LogP contribution in [0.1, 0.15) is 5.56 Å². The highest BCUT2D eigenvalue weighted by Crippen LogP contribution is 2.39. The molecular formula is C21H14Cl2F4N4O4S. The lowest BCUT2D eigenvalue weighted by Gasteiger charge is -2.16. The molecule has 0 radical (unpaired) electrons. The molecule has 2 aromatic carbocycles. The summed E-state index contributed by atoms with van der Waals surface area (Å²) in [6, 6.07) is 4.47. The van der Waals surface area contributed by atoms with Crippen molar-refractivity contribution in [3.8, 4) is 27.0 Å². The van der Waals surface area contributed by atoms with Gasteiger partial charge < -0.3 is 25.3 Å². The molecule has 0 saturated heterocycles. The number of rotatable bonds is 7. The van der Waals surface area contributed by atoms with Gasteiger partial charge in [-0.2, -0.15) is 13.2 Å². The molecule has 8 nitrogen and oxygen atoms in total. The van der Waals surface area contributed by atoms with Gasteiger partial charge in [0.15, 0.2) is 16.6 Å². The Morgan fingerprint density at radius 2 is 1.86 bits per heavy atom. The number of nitrogens with zero attached hydrogens (tertiary/aromatic N) is 2. The van der Waals surface area contributed by atoms with E-state index in [1.807, 2.05) is 5.32 Å². The van der Waals surface area contributed by atoms with E-state index in [9.17, 15) is 27.5 Å². The Kier molecular flexibility index (Phi) is 7.27. The molecule has 0 aliphatic carbocycles. The molecule has 15 heteroatoms. The van der Waals surface area contributed by atoms with E-state index in [0.29, 0.717) is 16.2 Å². The molecule has 0 bridgehead atoms. The number of fused-ring (bicyclic) bond motifs is 1. The van der Waals surface area contributed by atoms with Crippen molar-refractivity contribution in [3.63, 3.8) is 0 Å². The molecule has 0 fully saturated rings. The van der Waals surface area contributed by atoms with Crippen LogP contribution < -0.4 is 10.1 Å². The van der Waals surface area contributed by atoms with Gasteiger partial charge in [-0.3, -0.25) is 0 Å². The second kappa shape index (κ2) is 10.1. The van der Waals surface area contributed by atoms with Gasteiger partial charge in [0.05, 0.1) is 39.5 Å². The van der Waals surface area contributed by atoms with Crippen LogP contribution in [0, 0.1) is 5.82 Å². The molecule has 1 unspecified atom stereocenters. The normalized spacial score (nSPS) is 12.6. The molecule has 4 rings (SSSR count). The lowest BCUT2D eigenvalue weighted by molar-refractivity contribution is -0.137. The molecule has 2 aromatic heterocycles. The number of aliphatic hydroxyl groups excluding tert-OH is 1. The van der Waals surface area contributed by atoms with Gasteiger partial charge in [0, 0.05) is 17.0 Å². The number of carbonyl (C=O) groups is 1. The van der Waals surface area contributed by atoms with Gasteiger partial charge in [-0.1, -0.05) is 34.5 Å². The van der Waals surface area contributed by atoms with Crippen molar-refractivity contribution >= 4 is 51.5 Å². The topological polar surface area (TPSA) is 120 Å². The number of ether oxygens (including phenoxy) is 1. The molecule has 1 amide bonds. The highest BCUT2D eigenvalue weighted by Gasteiger charge is 2.31. The third-order valence-corrected chi connectivity index (χ3v) is 6.50. The van der Waals surface area contributed by atoms with Gasteiger partial charge >= 0.3 is 12.3 Å². The van der Waals surface area contributed by atoms with Crippen molar-refractivity contribution in [2.75, 3.05) is 13.2 Å². The molecule has 0 saturated carbocycles. The van der Waals surface area contributed by atoms with Crippen LogP contribution >= 0.6 is 34.5 Å². The molecule has 4 N–H and O–H groups in total. The van der Waals surface area contributed by atoms with E-state index < -0.39 is 36.3 Å². The van der Waals surface area contributed by atoms with Crippen molar-refractivity contribution in [1.29, 1.82) is 0 Å². The predicted molar refractivity (Wildman–Crippen MR) is 125 cm³/mol. The summed E-state index contributed by atoms with van der Waals surface area (Å²) in [6.45, 7) is -0.916. The minimum absolute atomic E-state index is 0.0513. The maximum absolute atomic E-state index is 14.6. The molecular weight excluding hydrogens is 551 g/mol. The molecule has 0 aliphatic rings. The number of benzene rings is 2. The van der Waals surface area contributed by atoms with Gasteiger partial charge in [-0.05, 0) is 24.3 Å². The number of amides is 1. The van der Waals surface area contributed by atoms with E-state index in [0.717, 1.165) is 29.5 Å². The van der Waals surface area contributed by atoms with Crippen LogP contribution in [-0.4, -0.2) is 50.7 Å². The number of carboxylic acid groups (broad SMARTS) is 1. The molecule has 36 heavy (non-hydrogen) atoms. The first-order chi connectivity index (χ1) is 17.0. The second-order valence-electron chi connectivity index (χ2n) is 7.42. The smallest absolute Gasteiger partial charge is 0.416 e. The maximum Gasteiger partial charge on any atom is 0.416 e. The number of aromatic amines is 1. The third kappa shape index (κ3) is 5.48. The van der Waals surface area contributed by atoms with Crippen LogP contribution in [0.5, 0.6) is 5.75 Å². The summed E-state index contributed by atoms with van der Waals surface area (Å²) in [5, 5.41) is 28.6. The van der Waals surface area contributed by atoms with Gasteiger partial charge in [0.2, 0.25) is 0 Å². The molecule has 190 valence electrons. The van der Waals surface area contributed by atoms with Crippen LogP contribution in [-0.2, 0) is 6.18 Å². The zero-order chi connectivity index (χ0) is 26.2. The molecule has 1 atom stereocenters. The van der Waals surface area contributed by atoms with Crippen LogP contribution in [0.25, 0.3) is 32.2 Å². The minimum Gasteiger partial charge on any atom is -0.488 e. The second-order valence-corrected chi connectivity index (χ2v) is 9.21. The van der Waals surface area contributed by atoms with Crippen LogP contribution in [0.15, 0.2) is 30.3 Å². The van der Waals surface area contributed by atoms with E-state index in [1.165, 1.54) is 12.1 Å². The highest BCUT2D eigenvalue weighted by molar-refractivity contribution is 7.18. The average Bonchev–Trinajstić information content (AvgIpc) is 3.45. The van der Waals surface area contributed by atoms with E-state index in [2.05, 4.69) is 15.2 Å². The Bertz CT molecular complexity index is 1440. The SMILES string of the molecule is O=C(O)NC(CO)COc1cc(Cl)c(-c2nnc(-c3cc4cc(C(F)(F)F)cc(Cl)c4[nH]3)s2)cc1F. The van der Waals surface area contributed by atoms with Gasteiger partial charge in [-0.15, -0.1) is 10.2 Å². The maximum atomic E-state index is 14.6. The van der Waals surface area contributed by atoms with E-state index in [4.69, 9.17) is 33.0 Å². The van der Waals surface area contributed by atoms with Gasteiger partial charge in [0.25, 0.3) is 0 Å². The summed E-state index contributed by atoms with van der Waals surface area (Å²) in [5.41, 5.74) is -0.0636. The number of aliphatic hydroxyl groups is 1. The summed E-state index contributed by atoms with van der Waals surface area (Å²) in [6.07, 6.45) is -5.94. The fourth-order valence-corrected chi connectivity index (χ4v) is 4.65. The summed E-state index contributed by atoms with van der Waals surface area (Å²) in [4.78, 5) is 13.6. The molecule has 2 heterocycles. The lowest BCUT2D eigenvalue weighted by atomic mass is 10.1.